The van der Waals surface area contributed by atoms with Crippen molar-refractivity contribution >= 4 is 23.5 Å². The number of hydrogen-bond acceptors (Lipinski definition) is 14. The Kier molecular flexibility index (Phi) is 9.17. The fourth-order valence-corrected chi connectivity index (χ4v) is 5.77. The maximum atomic E-state index is 12.1. The summed E-state index contributed by atoms with van der Waals surface area (Å²) in [5, 5.41) is 0. The average molecular weight is 531 g/mol. The predicted molar refractivity (Wildman–Crippen MR) is 101 cm³/mol. The fourth-order valence-electron chi connectivity index (χ4n) is 2.63. The number of H-pyrrole nitrogens is 1. The van der Waals surface area contributed by atoms with Gasteiger partial charge in [-0.25, -0.2) is 13.4 Å². The molecule has 0 spiro atoms. The van der Waals surface area contributed by atoms with Crippen LogP contribution < -0.4 is 25.9 Å². The molecule has 4 unspecified atom stereocenters. The summed E-state index contributed by atoms with van der Waals surface area (Å²) in [6.45, 7) is 0.347. The van der Waals surface area contributed by atoms with Crippen molar-refractivity contribution < 1.29 is 55.5 Å². The van der Waals surface area contributed by atoms with Gasteiger partial charge in [-0.2, -0.15) is 0 Å². The van der Waals surface area contributed by atoms with Crippen LogP contribution in [-0.2, 0) is 40.8 Å². The highest BCUT2D eigenvalue weighted by Crippen LogP contribution is 2.62. The maximum absolute atomic E-state index is 12.1. The minimum atomic E-state index is -5.95. The summed E-state index contributed by atoms with van der Waals surface area (Å²) >= 11 is 0. The first-order valence-corrected chi connectivity index (χ1v) is 13.2. The molecule has 0 amide bonds. The molecule has 6 atom stereocenters. The number of aromatic nitrogens is 2. The molecular weight excluding hydrogens is 513 g/mol. The summed E-state index contributed by atoms with van der Waals surface area (Å²) in [5.41, 5.74) is -1.23. The number of nitrogens with one attached hydrogen (secondary N) is 1. The first kappa shape index (κ1) is 27.8. The molecule has 1 aromatic rings. The highest BCUT2D eigenvalue weighted by atomic mass is 31.3. The predicted octanol–water partition coefficient (Wildman–Crippen LogP) is -1.75. The Labute approximate surface area is 186 Å². The number of terminal acetylenes is 1. The third-order valence-electron chi connectivity index (χ3n) is 4.04. The van der Waals surface area contributed by atoms with Crippen LogP contribution in [0, 0.1) is 19.3 Å². The lowest BCUT2D eigenvalue weighted by atomic mass is 10.2. The van der Waals surface area contributed by atoms with Gasteiger partial charge in [0.05, 0.1) is 12.7 Å². The highest BCUT2D eigenvalue weighted by molar-refractivity contribution is 7.65. The summed E-state index contributed by atoms with van der Waals surface area (Å²) in [4.78, 5) is 60.1. The van der Waals surface area contributed by atoms with Crippen molar-refractivity contribution in [1.82, 2.24) is 9.55 Å². The van der Waals surface area contributed by atoms with Gasteiger partial charge in [0.15, 0.2) is 0 Å². The van der Waals surface area contributed by atoms with E-state index in [-0.39, 0.29) is 18.6 Å². The molecule has 1 aliphatic heterocycles. The zero-order chi connectivity index (χ0) is 25.0. The van der Waals surface area contributed by atoms with Crippen LogP contribution in [0.1, 0.15) is 18.2 Å². The van der Waals surface area contributed by atoms with Gasteiger partial charge in [0, 0.05) is 25.3 Å². The highest BCUT2D eigenvalue weighted by Gasteiger charge is 2.39. The largest absolute Gasteiger partial charge is 0.756 e. The molecular formula is C14H18N2O14P3-3. The minimum absolute atomic E-state index is 0.0263. The first-order valence-electron chi connectivity index (χ1n) is 8.77. The summed E-state index contributed by atoms with van der Waals surface area (Å²) in [5.74, 6) is 2.19. The Hall–Kier alpha value is -1.43. The fraction of sp³-hybridized carbons (Fsp3) is 0.571. The molecule has 1 saturated heterocycles. The molecule has 0 radical (unpaired) electrons. The van der Waals surface area contributed by atoms with Crippen LogP contribution in [0.15, 0.2) is 15.8 Å². The second-order valence-electron chi connectivity index (χ2n) is 6.38. The van der Waals surface area contributed by atoms with Gasteiger partial charge in [-0.1, -0.05) is 5.92 Å². The lowest BCUT2D eigenvalue weighted by Gasteiger charge is -2.34. The molecule has 1 N–H and O–H groups in total. The van der Waals surface area contributed by atoms with E-state index < -0.39 is 59.8 Å². The SMILES string of the molecule is C#CCOC1C[C@H](n2cc(C)c(=O)[nH]c2=O)O[C@@H]1COP(=O)([O-])OP(=O)([O-])OP(=O)([O-])OC. The number of hydrogen-bond donors (Lipinski definition) is 1. The van der Waals surface area contributed by atoms with Crippen LogP contribution in [-0.4, -0.2) is 42.1 Å². The molecule has 0 saturated carbocycles. The standard InChI is InChI=1S/C14H21N2O14P3/c1-4-5-26-10-6-12(16-7-9(2)13(17)15-14(16)18)28-11(10)8-27-32(21,22)30-33(23,24)29-31(19,20)25-3/h1,7,10-12H,5-6,8H2,2-3H3,(H,19,20)(H,21,22)(H,23,24)(H,15,17,18)/p-3/t10?,11-,12-/m1/s1. The quantitative estimate of drug-likeness (QED) is 0.247. The van der Waals surface area contributed by atoms with Crippen molar-refractivity contribution in [3.63, 3.8) is 0 Å². The van der Waals surface area contributed by atoms with Crippen molar-refractivity contribution in [2.45, 2.75) is 31.8 Å². The van der Waals surface area contributed by atoms with Crippen LogP contribution in [0.4, 0.5) is 0 Å². The normalized spacial score (nSPS) is 26.1. The Morgan fingerprint density at radius 1 is 1.21 bits per heavy atom. The summed E-state index contributed by atoms with van der Waals surface area (Å²) in [6.07, 6.45) is 3.18. The number of phosphoric ester groups is 2. The van der Waals surface area contributed by atoms with Crippen LogP contribution in [0.3, 0.4) is 0 Å². The number of aryl methyl sites for hydroxylation is 1. The van der Waals surface area contributed by atoms with Crippen LogP contribution in [0.2, 0.25) is 0 Å². The average Bonchev–Trinajstić information content (AvgIpc) is 3.08. The smallest absolute Gasteiger partial charge is 0.330 e. The third-order valence-corrected chi connectivity index (χ3v) is 8.15. The summed E-state index contributed by atoms with van der Waals surface area (Å²) in [7, 11) is -16.5. The monoisotopic (exact) mass is 531 g/mol. The molecule has 0 bridgehead atoms. The molecule has 0 aromatic carbocycles. The maximum Gasteiger partial charge on any atom is 0.330 e. The van der Waals surface area contributed by atoms with E-state index in [9.17, 15) is 38.0 Å². The van der Waals surface area contributed by atoms with Crippen molar-refractivity contribution in [3.8, 4) is 12.3 Å². The number of nitrogens with zero attached hydrogens (tertiary/aromatic N) is 1. The molecule has 0 aliphatic carbocycles. The molecule has 1 aromatic heterocycles. The molecule has 16 nitrogen and oxygen atoms in total. The summed E-state index contributed by atoms with van der Waals surface area (Å²) < 4.78 is 61.8. The van der Waals surface area contributed by atoms with Gasteiger partial charge in [-0.15, -0.1) is 6.42 Å². The zero-order valence-electron chi connectivity index (χ0n) is 17.0. The van der Waals surface area contributed by atoms with Crippen molar-refractivity contribution in [2.75, 3.05) is 20.3 Å². The Bertz CT molecular complexity index is 1160. The number of ether oxygens (including phenoxy) is 2. The lowest BCUT2D eigenvalue weighted by molar-refractivity contribution is -0.251. The number of rotatable bonds is 11. The first-order chi connectivity index (χ1) is 15.2. The van der Waals surface area contributed by atoms with Crippen LogP contribution >= 0.6 is 23.5 Å². The van der Waals surface area contributed by atoms with E-state index in [1.54, 1.807) is 0 Å². The van der Waals surface area contributed by atoms with Gasteiger partial charge in [0.2, 0.25) is 0 Å². The van der Waals surface area contributed by atoms with E-state index in [0.717, 1.165) is 4.57 Å². The van der Waals surface area contributed by atoms with E-state index in [1.165, 1.54) is 13.1 Å². The van der Waals surface area contributed by atoms with E-state index in [2.05, 4.69) is 28.6 Å². The van der Waals surface area contributed by atoms with Gasteiger partial charge in [-0.3, -0.25) is 28.0 Å². The van der Waals surface area contributed by atoms with Crippen LogP contribution in [0.5, 0.6) is 0 Å². The van der Waals surface area contributed by atoms with Crippen LogP contribution in [0.25, 0.3) is 0 Å². The van der Waals surface area contributed by atoms with E-state index in [0.29, 0.717) is 7.11 Å². The van der Waals surface area contributed by atoms with Gasteiger partial charge in [0.1, 0.15) is 18.9 Å². The van der Waals surface area contributed by atoms with Crippen molar-refractivity contribution in [3.05, 3.63) is 32.6 Å². The molecule has 1 aliphatic rings. The van der Waals surface area contributed by atoms with Gasteiger partial charge in [-0.05, 0) is 6.92 Å². The molecule has 19 heteroatoms. The number of phosphoric acid groups is 3. The Balaban J connectivity index is 2.13. The summed E-state index contributed by atoms with van der Waals surface area (Å²) in [6, 6.07) is 0. The second-order valence-corrected chi connectivity index (χ2v) is 11.0. The molecule has 33 heavy (non-hydrogen) atoms. The third kappa shape index (κ3) is 8.08. The van der Waals surface area contributed by atoms with E-state index in [1.807, 2.05) is 0 Å². The van der Waals surface area contributed by atoms with Crippen molar-refractivity contribution in [2.24, 2.45) is 0 Å². The zero-order valence-corrected chi connectivity index (χ0v) is 19.7. The second kappa shape index (κ2) is 10.9. The molecule has 186 valence electrons. The van der Waals surface area contributed by atoms with Gasteiger partial charge < -0.3 is 33.2 Å². The van der Waals surface area contributed by atoms with E-state index in [4.69, 9.17) is 15.9 Å². The Morgan fingerprint density at radius 2 is 1.85 bits per heavy atom. The minimum Gasteiger partial charge on any atom is -0.756 e. The van der Waals surface area contributed by atoms with E-state index >= 15 is 0 Å². The number of aromatic amines is 1. The van der Waals surface area contributed by atoms with Gasteiger partial charge in [0.25, 0.3) is 29.0 Å². The van der Waals surface area contributed by atoms with Gasteiger partial charge >= 0.3 is 5.69 Å². The molecule has 1 fully saturated rings. The molecule has 2 heterocycles. The topological polar surface area (TPSA) is 231 Å². The molecule has 2 rings (SSSR count). The van der Waals surface area contributed by atoms with Crippen molar-refractivity contribution in [1.29, 1.82) is 0 Å². The Morgan fingerprint density at radius 3 is 2.45 bits per heavy atom. The lowest BCUT2D eigenvalue weighted by Crippen LogP contribution is -2.33.